The zero-order valence-corrected chi connectivity index (χ0v) is 14.5. The van der Waals surface area contributed by atoms with Gasteiger partial charge in [-0.15, -0.1) is 0 Å². The van der Waals surface area contributed by atoms with Crippen LogP contribution in [0.3, 0.4) is 0 Å². The van der Waals surface area contributed by atoms with Crippen LogP contribution in [-0.4, -0.2) is 23.3 Å². The molecule has 0 heterocycles. The van der Waals surface area contributed by atoms with Crippen LogP contribution in [-0.2, 0) is 16.1 Å². The summed E-state index contributed by atoms with van der Waals surface area (Å²) in [5, 5.41) is 2.19. The van der Waals surface area contributed by atoms with E-state index in [9.17, 15) is 22.8 Å². The lowest BCUT2D eigenvalue weighted by atomic mass is 10.1. The van der Waals surface area contributed by atoms with Crippen LogP contribution in [0.15, 0.2) is 36.4 Å². The molecule has 0 unspecified atom stereocenters. The molecule has 2 rings (SSSR count). The van der Waals surface area contributed by atoms with E-state index in [4.69, 9.17) is 0 Å². The summed E-state index contributed by atoms with van der Waals surface area (Å²) >= 11 is 0. The summed E-state index contributed by atoms with van der Waals surface area (Å²) in [6.45, 7) is 3.78. The van der Waals surface area contributed by atoms with Gasteiger partial charge in [0.1, 0.15) is 0 Å². The lowest BCUT2D eigenvalue weighted by Gasteiger charge is -2.21. The van der Waals surface area contributed by atoms with Gasteiger partial charge in [-0.2, -0.15) is 0 Å². The number of nitrogens with zero attached hydrogens (tertiary/aromatic N) is 1. The first kappa shape index (κ1) is 19.5. The molecule has 1 N–H and O–H groups in total. The number of benzene rings is 2. The van der Waals surface area contributed by atoms with Crippen molar-refractivity contribution in [1.82, 2.24) is 4.90 Å². The number of rotatable bonds is 6. The van der Waals surface area contributed by atoms with Gasteiger partial charge in [-0.1, -0.05) is 29.8 Å². The van der Waals surface area contributed by atoms with E-state index in [0.29, 0.717) is 6.54 Å². The topological polar surface area (TPSA) is 49.4 Å². The molecule has 2 amide bonds. The maximum absolute atomic E-state index is 13.6. The Bertz CT molecular complexity index is 824. The van der Waals surface area contributed by atoms with Gasteiger partial charge in [-0.3, -0.25) is 9.59 Å². The van der Waals surface area contributed by atoms with Gasteiger partial charge in [0.25, 0.3) is 0 Å². The molecule has 0 aliphatic carbocycles. The number of nitrogens with one attached hydrogen (secondary N) is 1. The second-order valence-corrected chi connectivity index (χ2v) is 5.95. The van der Waals surface area contributed by atoms with Crippen molar-refractivity contribution in [3.05, 3.63) is 65.0 Å². The van der Waals surface area contributed by atoms with Crippen molar-refractivity contribution < 1.29 is 22.8 Å². The van der Waals surface area contributed by atoms with Crippen LogP contribution in [0.1, 0.15) is 24.5 Å². The van der Waals surface area contributed by atoms with Crippen molar-refractivity contribution in [3.63, 3.8) is 0 Å². The Balaban J connectivity index is 1.97. The summed E-state index contributed by atoms with van der Waals surface area (Å²) in [5.41, 5.74) is 1.53. The van der Waals surface area contributed by atoms with Crippen molar-refractivity contribution in [2.75, 3.05) is 11.9 Å². The summed E-state index contributed by atoms with van der Waals surface area (Å²) in [5.74, 6) is -5.25. The van der Waals surface area contributed by atoms with Gasteiger partial charge >= 0.3 is 0 Å². The predicted octanol–water partition coefficient (Wildman–Crippen LogP) is 3.79. The number of hydrogen-bond donors (Lipinski definition) is 1. The van der Waals surface area contributed by atoms with Crippen LogP contribution < -0.4 is 5.32 Å². The van der Waals surface area contributed by atoms with Crippen molar-refractivity contribution in [2.24, 2.45) is 0 Å². The number of aryl methyl sites for hydroxylation is 1. The fraction of sp³-hybridized carbons (Fsp3) is 0.263. The molecule has 2 aromatic carbocycles. The molecule has 2 aromatic rings. The molecule has 0 aromatic heterocycles. The molecule has 7 heteroatoms. The summed E-state index contributed by atoms with van der Waals surface area (Å²) < 4.78 is 39.7. The maximum Gasteiger partial charge on any atom is 0.226 e. The monoisotopic (exact) mass is 364 g/mol. The Morgan fingerprint density at radius 3 is 2.46 bits per heavy atom. The molecule has 0 spiro atoms. The van der Waals surface area contributed by atoms with E-state index in [1.165, 1.54) is 11.8 Å². The number of carbonyl (C=O) groups excluding carboxylic acids is 2. The molecule has 0 aliphatic rings. The van der Waals surface area contributed by atoms with Crippen molar-refractivity contribution in [1.29, 1.82) is 0 Å². The number of carbonyl (C=O) groups is 2. The maximum atomic E-state index is 13.6. The minimum Gasteiger partial charge on any atom is -0.338 e. The fourth-order valence-electron chi connectivity index (χ4n) is 2.45. The molecular formula is C19H19F3N2O2. The quantitative estimate of drug-likeness (QED) is 0.793. The van der Waals surface area contributed by atoms with Crippen LogP contribution in [0.2, 0.25) is 0 Å². The lowest BCUT2D eigenvalue weighted by molar-refractivity contribution is -0.129. The zero-order chi connectivity index (χ0) is 19.3. The Labute approximate surface area is 149 Å². The minimum atomic E-state index is -1.65. The number of hydrogen-bond acceptors (Lipinski definition) is 2. The average molecular weight is 364 g/mol. The second-order valence-electron chi connectivity index (χ2n) is 5.95. The van der Waals surface area contributed by atoms with E-state index in [2.05, 4.69) is 5.32 Å². The SMILES string of the molecule is CC(=O)N(CCC(=O)Nc1ccc(F)c(F)c1F)Cc1cccc(C)c1. The summed E-state index contributed by atoms with van der Waals surface area (Å²) in [6, 6.07) is 9.30. The molecular weight excluding hydrogens is 345 g/mol. The van der Waals surface area contributed by atoms with Gasteiger partial charge in [0.05, 0.1) is 5.69 Å². The van der Waals surface area contributed by atoms with Gasteiger partial charge in [0, 0.05) is 26.4 Å². The summed E-state index contributed by atoms with van der Waals surface area (Å²) in [6.07, 6.45) is -0.107. The predicted molar refractivity (Wildman–Crippen MR) is 91.8 cm³/mol. The Morgan fingerprint density at radius 2 is 1.81 bits per heavy atom. The van der Waals surface area contributed by atoms with Gasteiger partial charge in [0.2, 0.25) is 11.8 Å². The van der Waals surface area contributed by atoms with Gasteiger partial charge in [0.15, 0.2) is 17.5 Å². The normalized spacial score (nSPS) is 10.5. The molecule has 0 aliphatic heterocycles. The van der Waals surface area contributed by atoms with E-state index < -0.39 is 29.0 Å². The van der Waals surface area contributed by atoms with Crippen molar-refractivity contribution in [2.45, 2.75) is 26.8 Å². The average Bonchev–Trinajstić information content (AvgIpc) is 2.59. The zero-order valence-electron chi connectivity index (χ0n) is 14.5. The first-order valence-corrected chi connectivity index (χ1v) is 8.02. The molecule has 138 valence electrons. The smallest absolute Gasteiger partial charge is 0.226 e. The van der Waals surface area contributed by atoms with Crippen LogP contribution in [0.5, 0.6) is 0 Å². The third-order valence-electron chi connectivity index (χ3n) is 3.82. The molecule has 26 heavy (non-hydrogen) atoms. The Morgan fingerprint density at radius 1 is 1.08 bits per heavy atom. The number of halogens is 3. The van der Waals surface area contributed by atoms with Gasteiger partial charge in [-0.25, -0.2) is 13.2 Å². The van der Waals surface area contributed by atoms with Crippen molar-refractivity contribution in [3.8, 4) is 0 Å². The van der Waals surface area contributed by atoms with Crippen LogP contribution in [0.4, 0.5) is 18.9 Å². The van der Waals surface area contributed by atoms with E-state index >= 15 is 0 Å². The molecule has 0 atom stereocenters. The molecule has 0 bridgehead atoms. The fourth-order valence-corrected chi connectivity index (χ4v) is 2.45. The Kier molecular flexibility index (Phi) is 6.38. The number of anilines is 1. The minimum absolute atomic E-state index is 0.107. The second kappa shape index (κ2) is 8.51. The van der Waals surface area contributed by atoms with E-state index in [1.807, 2.05) is 31.2 Å². The first-order valence-electron chi connectivity index (χ1n) is 8.02. The van der Waals surface area contributed by atoms with Gasteiger partial charge in [-0.05, 0) is 24.6 Å². The van der Waals surface area contributed by atoms with Gasteiger partial charge < -0.3 is 10.2 Å². The van der Waals surface area contributed by atoms with E-state index in [1.54, 1.807) is 0 Å². The van der Waals surface area contributed by atoms with Crippen LogP contribution in [0.25, 0.3) is 0 Å². The highest BCUT2D eigenvalue weighted by Crippen LogP contribution is 2.19. The molecule has 4 nitrogen and oxygen atoms in total. The molecule has 0 fully saturated rings. The van der Waals surface area contributed by atoms with Crippen LogP contribution in [0, 0.1) is 24.4 Å². The van der Waals surface area contributed by atoms with Crippen LogP contribution >= 0.6 is 0 Å². The van der Waals surface area contributed by atoms with E-state index in [-0.39, 0.29) is 18.9 Å². The van der Waals surface area contributed by atoms with Crippen molar-refractivity contribution >= 4 is 17.5 Å². The number of amides is 2. The highest BCUT2D eigenvalue weighted by Gasteiger charge is 2.16. The Hall–Kier alpha value is -2.83. The molecule has 0 saturated heterocycles. The largest absolute Gasteiger partial charge is 0.338 e. The summed E-state index contributed by atoms with van der Waals surface area (Å²) in [4.78, 5) is 25.2. The highest BCUT2D eigenvalue weighted by molar-refractivity contribution is 5.91. The first-order chi connectivity index (χ1) is 12.3. The third-order valence-corrected chi connectivity index (χ3v) is 3.82. The lowest BCUT2D eigenvalue weighted by Crippen LogP contribution is -2.31. The standard InChI is InChI=1S/C19H19F3N2O2/c1-12-4-3-5-14(10-12)11-24(13(2)25)9-8-17(26)23-16-7-6-15(20)18(21)19(16)22/h3-7,10H,8-9,11H2,1-2H3,(H,23,26). The van der Waals surface area contributed by atoms with E-state index in [0.717, 1.165) is 23.3 Å². The highest BCUT2D eigenvalue weighted by atomic mass is 19.2. The summed E-state index contributed by atoms with van der Waals surface area (Å²) in [7, 11) is 0. The molecule has 0 radical (unpaired) electrons. The molecule has 0 saturated carbocycles. The third kappa shape index (κ3) is 5.08.